The number of hydrogen-bond donors (Lipinski definition) is 2. The van der Waals surface area contributed by atoms with Crippen LogP contribution >= 0.6 is 34.9 Å². The topological polar surface area (TPSA) is 83.6 Å². The lowest BCUT2D eigenvalue weighted by atomic mass is 10.2. The maximum Gasteiger partial charge on any atom is 0.236 e. The van der Waals surface area contributed by atoms with Gasteiger partial charge in [0.1, 0.15) is 0 Å². The largest absolute Gasteiger partial charge is 0.333 e. The highest BCUT2D eigenvalue weighted by molar-refractivity contribution is 8.00. The van der Waals surface area contributed by atoms with Crippen LogP contribution in [-0.2, 0) is 10.5 Å². The number of hydrogen-bond acceptors (Lipinski definition) is 7. The average Bonchev–Trinajstić information content (AvgIpc) is 3.32. The van der Waals surface area contributed by atoms with E-state index in [9.17, 15) is 4.79 Å². The average molecular weight is 414 g/mol. The van der Waals surface area contributed by atoms with E-state index in [-0.39, 0.29) is 11.7 Å². The van der Waals surface area contributed by atoms with Gasteiger partial charge in [-0.05, 0) is 17.7 Å². The number of nitrogens with one attached hydrogen (secondary N) is 2. The zero-order valence-electron chi connectivity index (χ0n) is 14.1. The van der Waals surface area contributed by atoms with Gasteiger partial charge in [0.2, 0.25) is 11.0 Å². The summed E-state index contributed by atoms with van der Waals surface area (Å²) < 4.78 is 0.832. The van der Waals surface area contributed by atoms with Crippen molar-refractivity contribution in [3.63, 3.8) is 0 Å². The smallest absolute Gasteiger partial charge is 0.236 e. The number of carbonyl (C=O) groups excluding carboxylic acids is 1. The van der Waals surface area contributed by atoms with E-state index in [1.165, 1.54) is 28.7 Å². The van der Waals surface area contributed by atoms with Crippen LogP contribution in [0.1, 0.15) is 5.56 Å². The highest BCUT2D eigenvalue weighted by Gasteiger charge is 2.11. The van der Waals surface area contributed by atoms with E-state index < -0.39 is 0 Å². The molecule has 0 radical (unpaired) electrons. The number of aromatic nitrogens is 4. The van der Waals surface area contributed by atoms with Gasteiger partial charge in [-0.3, -0.25) is 10.1 Å². The lowest BCUT2D eigenvalue weighted by Crippen LogP contribution is -2.13. The van der Waals surface area contributed by atoms with Gasteiger partial charge >= 0.3 is 0 Å². The number of aromatic amines is 1. The van der Waals surface area contributed by atoms with Crippen molar-refractivity contribution in [3.05, 3.63) is 60.2 Å². The summed E-state index contributed by atoms with van der Waals surface area (Å²) in [5.41, 5.74) is 3.08. The Balaban J connectivity index is 1.27. The molecule has 0 unspecified atom stereocenters. The van der Waals surface area contributed by atoms with Crippen molar-refractivity contribution in [1.29, 1.82) is 0 Å². The van der Waals surface area contributed by atoms with Crippen molar-refractivity contribution < 1.29 is 4.79 Å². The molecule has 0 bridgehead atoms. The Morgan fingerprint density at radius 3 is 2.70 bits per heavy atom. The fraction of sp³-hybridized carbons (Fsp3) is 0.111. The molecule has 1 amide bonds. The molecule has 0 aliphatic heterocycles. The molecule has 0 atom stereocenters. The summed E-state index contributed by atoms with van der Waals surface area (Å²) in [7, 11) is 0. The third-order valence-electron chi connectivity index (χ3n) is 3.57. The number of imidazole rings is 1. The molecule has 4 aromatic rings. The zero-order chi connectivity index (χ0) is 18.5. The number of thioether (sulfide) groups is 2. The van der Waals surface area contributed by atoms with Crippen molar-refractivity contribution in [2.75, 3.05) is 11.1 Å². The third kappa shape index (κ3) is 4.88. The highest BCUT2D eigenvalue weighted by atomic mass is 32.2. The minimum absolute atomic E-state index is 0.129. The van der Waals surface area contributed by atoms with Gasteiger partial charge < -0.3 is 4.98 Å². The first-order chi connectivity index (χ1) is 13.3. The standard InChI is InChI=1S/C18H15N5OS3/c24-15(11-25-16-19-13-8-4-5-9-14(13)20-16)21-17-22-23-18(27-17)26-10-12-6-2-1-3-7-12/h1-9H,10-11H2,(H,19,20)(H,21,22,24). The fourth-order valence-electron chi connectivity index (χ4n) is 2.32. The Kier molecular flexibility index (Phi) is 5.71. The molecule has 0 saturated carbocycles. The van der Waals surface area contributed by atoms with Crippen LogP contribution in [0.5, 0.6) is 0 Å². The number of rotatable bonds is 7. The van der Waals surface area contributed by atoms with Gasteiger partial charge in [0.15, 0.2) is 9.50 Å². The molecule has 2 N–H and O–H groups in total. The summed E-state index contributed by atoms with van der Waals surface area (Å²) in [6, 6.07) is 18.0. The first kappa shape index (κ1) is 18.0. The normalized spacial score (nSPS) is 11.0. The minimum Gasteiger partial charge on any atom is -0.333 e. The lowest BCUT2D eigenvalue weighted by molar-refractivity contribution is -0.113. The Hall–Kier alpha value is -2.36. The summed E-state index contributed by atoms with van der Waals surface area (Å²) in [6.45, 7) is 0. The second-order valence-electron chi connectivity index (χ2n) is 5.54. The zero-order valence-corrected chi connectivity index (χ0v) is 16.5. The molecule has 9 heteroatoms. The Labute approximate surface area is 168 Å². The first-order valence-electron chi connectivity index (χ1n) is 8.14. The molecule has 136 valence electrons. The third-order valence-corrected chi connectivity index (χ3v) is 6.48. The Morgan fingerprint density at radius 1 is 1.04 bits per heavy atom. The van der Waals surface area contributed by atoms with Crippen LogP contribution in [0.2, 0.25) is 0 Å². The maximum absolute atomic E-state index is 12.1. The molecule has 27 heavy (non-hydrogen) atoms. The quantitative estimate of drug-likeness (QED) is 0.344. The number of para-hydroxylation sites is 2. The summed E-state index contributed by atoms with van der Waals surface area (Å²) in [5.74, 6) is 0.952. The number of carbonyl (C=O) groups is 1. The van der Waals surface area contributed by atoms with E-state index in [1.54, 1.807) is 11.8 Å². The maximum atomic E-state index is 12.1. The van der Waals surface area contributed by atoms with Gasteiger partial charge in [-0.1, -0.05) is 77.3 Å². The predicted molar refractivity (Wildman–Crippen MR) is 111 cm³/mol. The van der Waals surface area contributed by atoms with E-state index in [0.717, 1.165) is 26.3 Å². The van der Waals surface area contributed by atoms with Gasteiger partial charge in [-0.25, -0.2) is 4.98 Å². The number of fused-ring (bicyclic) bond motifs is 1. The number of H-pyrrole nitrogens is 1. The van der Waals surface area contributed by atoms with E-state index in [0.29, 0.717) is 5.13 Å². The van der Waals surface area contributed by atoms with Gasteiger partial charge in [-0.2, -0.15) is 0 Å². The molecule has 4 rings (SSSR count). The number of benzene rings is 2. The molecule has 2 aromatic carbocycles. The van der Waals surface area contributed by atoms with Crippen LogP contribution in [-0.4, -0.2) is 31.8 Å². The number of anilines is 1. The Morgan fingerprint density at radius 2 is 1.85 bits per heavy atom. The summed E-state index contributed by atoms with van der Waals surface area (Å²) in [5, 5.41) is 12.2. The van der Waals surface area contributed by atoms with Crippen LogP contribution in [0.25, 0.3) is 11.0 Å². The SMILES string of the molecule is O=C(CSc1nc2ccccc2[nH]1)Nc1nnc(SCc2ccccc2)s1. The van der Waals surface area contributed by atoms with Crippen LogP contribution in [0.3, 0.4) is 0 Å². The summed E-state index contributed by atoms with van der Waals surface area (Å²) in [6.07, 6.45) is 0. The van der Waals surface area contributed by atoms with Crippen molar-refractivity contribution in [2.24, 2.45) is 0 Å². The van der Waals surface area contributed by atoms with Crippen LogP contribution < -0.4 is 5.32 Å². The van der Waals surface area contributed by atoms with Crippen LogP contribution in [0.15, 0.2) is 64.1 Å². The second-order valence-corrected chi connectivity index (χ2v) is 8.71. The van der Waals surface area contributed by atoms with Crippen molar-refractivity contribution in [1.82, 2.24) is 20.2 Å². The number of amides is 1. The Bertz CT molecular complexity index is 1010. The van der Waals surface area contributed by atoms with E-state index in [2.05, 4.69) is 37.6 Å². The minimum atomic E-state index is -0.129. The van der Waals surface area contributed by atoms with E-state index in [4.69, 9.17) is 0 Å². The molecule has 0 aliphatic carbocycles. The van der Waals surface area contributed by atoms with E-state index >= 15 is 0 Å². The van der Waals surface area contributed by atoms with Gasteiger partial charge in [0.25, 0.3) is 0 Å². The number of nitrogens with zero attached hydrogens (tertiary/aromatic N) is 3. The van der Waals surface area contributed by atoms with Gasteiger partial charge in [0, 0.05) is 5.75 Å². The highest BCUT2D eigenvalue weighted by Crippen LogP contribution is 2.28. The molecule has 0 fully saturated rings. The molecule has 0 saturated heterocycles. The molecule has 2 aromatic heterocycles. The van der Waals surface area contributed by atoms with Gasteiger partial charge in [-0.15, -0.1) is 10.2 Å². The van der Waals surface area contributed by atoms with Crippen LogP contribution in [0, 0.1) is 0 Å². The summed E-state index contributed by atoms with van der Waals surface area (Å²) >= 11 is 4.35. The molecular weight excluding hydrogens is 398 g/mol. The molecule has 0 spiro atoms. The predicted octanol–water partition coefficient (Wildman–Crippen LogP) is 4.44. The fourth-order valence-corrected chi connectivity index (χ4v) is 4.73. The molecule has 2 heterocycles. The van der Waals surface area contributed by atoms with Crippen LogP contribution in [0.4, 0.5) is 5.13 Å². The van der Waals surface area contributed by atoms with Crippen molar-refractivity contribution in [2.45, 2.75) is 15.2 Å². The second kappa shape index (κ2) is 8.55. The lowest BCUT2D eigenvalue weighted by Gasteiger charge is -1.99. The van der Waals surface area contributed by atoms with Crippen molar-refractivity contribution >= 4 is 56.9 Å². The molecular formula is C18H15N5OS3. The van der Waals surface area contributed by atoms with Crippen molar-refractivity contribution in [3.8, 4) is 0 Å². The first-order valence-corrected chi connectivity index (χ1v) is 10.9. The van der Waals surface area contributed by atoms with Gasteiger partial charge in [0.05, 0.1) is 16.8 Å². The van der Waals surface area contributed by atoms with E-state index in [1.807, 2.05) is 42.5 Å². The summed E-state index contributed by atoms with van der Waals surface area (Å²) in [4.78, 5) is 19.8. The molecule has 0 aliphatic rings. The monoisotopic (exact) mass is 413 g/mol. The molecule has 6 nitrogen and oxygen atoms in total.